The van der Waals surface area contributed by atoms with Crippen LogP contribution in [0.5, 0.6) is 0 Å². The van der Waals surface area contributed by atoms with Crippen molar-refractivity contribution in [3.05, 3.63) is 48.6 Å². The normalized spacial score (nSPS) is 25.5. The fourth-order valence-corrected chi connectivity index (χ4v) is 8.64. The summed E-state index contributed by atoms with van der Waals surface area (Å²) in [6.07, 6.45) is 31.5. The van der Waals surface area contributed by atoms with E-state index in [2.05, 4.69) is 26.0 Å². The van der Waals surface area contributed by atoms with Gasteiger partial charge in [0, 0.05) is 12.8 Å². The summed E-state index contributed by atoms with van der Waals surface area (Å²) in [6, 6.07) is 0. The van der Waals surface area contributed by atoms with E-state index in [9.17, 15) is 45.3 Å². The second kappa shape index (κ2) is 42.8. The van der Waals surface area contributed by atoms with Gasteiger partial charge in [-0.25, -0.2) is 0 Å². The van der Waals surface area contributed by atoms with Crippen molar-refractivity contribution in [3.8, 4) is 0 Å². The molecular weight excluding hydrogens is 913 g/mol. The van der Waals surface area contributed by atoms with E-state index in [0.717, 1.165) is 44.9 Å². The Labute approximate surface area is 427 Å². The number of unbranched alkanes of at least 4 members (excludes halogenated alkanes) is 24. The van der Waals surface area contributed by atoms with E-state index < -0.39 is 99.3 Å². The molecule has 0 spiro atoms. The Bertz CT molecular complexity index is 1420. The van der Waals surface area contributed by atoms with Crippen LogP contribution in [0.4, 0.5) is 0 Å². The third kappa shape index (κ3) is 30.4. The summed E-state index contributed by atoms with van der Waals surface area (Å²) in [5.74, 6) is -0.965. The number of carbonyl (C=O) groups excluding carboxylic acids is 2. The third-order valence-corrected chi connectivity index (χ3v) is 13.2. The van der Waals surface area contributed by atoms with Crippen molar-refractivity contribution in [2.24, 2.45) is 0 Å². The van der Waals surface area contributed by atoms with Gasteiger partial charge in [0.2, 0.25) is 0 Å². The first kappa shape index (κ1) is 64.6. The van der Waals surface area contributed by atoms with E-state index in [1.165, 1.54) is 116 Å². The molecule has 2 aliphatic heterocycles. The molecule has 2 aliphatic rings. The van der Waals surface area contributed by atoms with E-state index in [1.807, 2.05) is 36.5 Å². The highest BCUT2D eigenvalue weighted by Gasteiger charge is 2.47. The van der Waals surface area contributed by atoms with Crippen LogP contribution in [0, 0.1) is 0 Å². The van der Waals surface area contributed by atoms with E-state index >= 15 is 0 Å². The van der Waals surface area contributed by atoms with Crippen LogP contribution in [-0.2, 0) is 38.0 Å². The Morgan fingerprint density at radius 3 is 1.39 bits per heavy atom. The quantitative estimate of drug-likeness (QED) is 0.0172. The predicted octanol–water partition coefficient (Wildman–Crippen LogP) is 8.66. The lowest BCUT2D eigenvalue weighted by atomic mass is 9.98. The minimum absolute atomic E-state index is 0.119. The number of ether oxygens (including phenoxy) is 6. The molecular formula is C56H98O15. The fourth-order valence-electron chi connectivity index (χ4n) is 8.64. The van der Waals surface area contributed by atoms with E-state index in [4.69, 9.17) is 28.4 Å². The number of carbonyl (C=O) groups is 2. The van der Waals surface area contributed by atoms with Crippen LogP contribution in [0.3, 0.4) is 0 Å². The highest BCUT2D eigenvalue weighted by atomic mass is 16.7. The highest BCUT2D eigenvalue weighted by molar-refractivity contribution is 5.70. The number of allylic oxidation sites excluding steroid dienone is 8. The fraction of sp³-hybridized carbons (Fsp3) is 0.821. The number of hydrogen-bond donors (Lipinski definition) is 7. The first-order chi connectivity index (χ1) is 34.5. The molecule has 11 atom stereocenters. The lowest BCUT2D eigenvalue weighted by Crippen LogP contribution is -2.61. The van der Waals surface area contributed by atoms with Gasteiger partial charge in [-0.15, -0.1) is 0 Å². The molecule has 0 aliphatic carbocycles. The van der Waals surface area contributed by atoms with Gasteiger partial charge in [0.25, 0.3) is 0 Å². The molecule has 2 heterocycles. The van der Waals surface area contributed by atoms with E-state index in [0.29, 0.717) is 12.8 Å². The molecule has 0 aromatic rings. The molecule has 0 aromatic heterocycles. The number of hydrogen-bond acceptors (Lipinski definition) is 15. The second-order valence-electron chi connectivity index (χ2n) is 19.5. The SMILES string of the molecule is CC/C=C/C=C/C=C/C=C/CCCCCC(=O)OC(COC(=O)CCCCCCCCCCCCCCCCCCCCCCCC)CO[C@@H]1O[C@H](CO[C@@H]2O[C@H](CO)[C@H](O)C(O)C2O)[C@H](O)C(O)C1O. The van der Waals surface area contributed by atoms with Crippen molar-refractivity contribution in [3.63, 3.8) is 0 Å². The molecule has 2 saturated heterocycles. The van der Waals surface area contributed by atoms with Gasteiger partial charge in [-0.2, -0.15) is 0 Å². The van der Waals surface area contributed by atoms with Crippen LogP contribution < -0.4 is 0 Å². The van der Waals surface area contributed by atoms with E-state index in [-0.39, 0.29) is 19.4 Å². The van der Waals surface area contributed by atoms with Crippen molar-refractivity contribution >= 4 is 11.9 Å². The maximum Gasteiger partial charge on any atom is 0.306 e. The van der Waals surface area contributed by atoms with Gasteiger partial charge in [-0.05, 0) is 32.1 Å². The Morgan fingerprint density at radius 1 is 0.465 bits per heavy atom. The first-order valence-corrected chi connectivity index (χ1v) is 27.8. The number of aliphatic hydroxyl groups is 7. The predicted molar refractivity (Wildman–Crippen MR) is 275 cm³/mol. The van der Waals surface area contributed by atoms with Gasteiger partial charge < -0.3 is 64.2 Å². The van der Waals surface area contributed by atoms with Crippen LogP contribution in [0.25, 0.3) is 0 Å². The van der Waals surface area contributed by atoms with Gasteiger partial charge >= 0.3 is 11.9 Å². The summed E-state index contributed by atoms with van der Waals surface area (Å²) in [4.78, 5) is 25.8. The monoisotopic (exact) mass is 1010 g/mol. The average Bonchev–Trinajstić information content (AvgIpc) is 3.36. The van der Waals surface area contributed by atoms with Crippen LogP contribution in [0.15, 0.2) is 48.6 Å². The zero-order valence-electron chi connectivity index (χ0n) is 43.7. The second-order valence-corrected chi connectivity index (χ2v) is 19.5. The molecule has 0 saturated carbocycles. The van der Waals surface area contributed by atoms with Crippen LogP contribution in [0.2, 0.25) is 0 Å². The maximum atomic E-state index is 13.0. The molecule has 5 unspecified atom stereocenters. The third-order valence-electron chi connectivity index (χ3n) is 13.2. The Balaban J connectivity index is 1.74. The molecule has 0 bridgehead atoms. The summed E-state index contributed by atoms with van der Waals surface area (Å²) >= 11 is 0. The number of esters is 2. The van der Waals surface area contributed by atoms with Crippen molar-refractivity contribution in [1.82, 2.24) is 0 Å². The Kier molecular flexibility index (Phi) is 38.9. The molecule has 0 amide bonds. The first-order valence-electron chi connectivity index (χ1n) is 27.8. The molecule has 15 nitrogen and oxygen atoms in total. The summed E-state index contributed by atoms with van der Waals surface area (Å²) < 4.78 is 33.6. The summed E-state index contributed by atoms with van der Waals surface area (Å²) in [7, 11) is 0. The highest BCUT2D eigenvalue weighted by Crippen LogP contribution is 2.27. The maximum absolute atomic E-state index is 13.0. The lowest BCUT2D eigenvalue weighted by molar-refractivity contribution is -0.332. The van der Waals surface area contributed by atoms with Crippen molar-refractivity contribution < 1.29 is 73.8 Å². The molecule has 2 fully saturated rings. The Hall–Kier alpha value is -2.54. The van der Waals surface area contributed by atoms with Gasteiger partial charge in [0.05, 0.1) is 19.8 Å². The standard InChI is InChI=1S/C56H98O15/c1-3-5-7-9-11-13-15-17-18-19-20-21-22-23-24-25-27-28-30-32-34-36-38-47(58)66-41-44(69-48(59)39-37-35-33-31-29-26-16-14-12-10-8-6-4-2)42-67-55-54(65)52(63)50(61)46(71-55)43-68-56-53(64)51(62)49(60)45(40-57)70-56/h6,8,10,12,14,16,26,29,44-46,49-57,60-65H,3-5,7,9,11,13,15,17-25,27-28,30-43H2,1-2H3/b8-6+,12-10+,16-14+,29-26+/t44?,45-,46-,49+,50+,51?,52?,53?,54?,55-,56-/m1/s1. The van der Waals surface area contributed by atoms with Crippen LogP contribution in [-0.4, -0.2) is 142 Å². The van der Waals surface area contributed by atoms with Gasteiger partial charge in [-0.1, -0.05) is 204 Å². The van der Waals surface area contributed by atoms with Crippen molar-refractivity contribution in [1.29, 1.82) is 0 Å². The largest absolute Gasteiger partial charge is 0.462 e. The van der Waals surface area contributed by atoms with E-state index in [1.54, 1.807) is 0 Å². The minimum Gasteiger partial charge on any atom is -0.462 e. The summed E-state index contributed by atoms with van der Waals surface area (Å²) in [6.45, 7) is 2.42. The van der Waals surface area contributed by atoms with Gasteiger partial charge in [-0.3, -0.25) is 9.59 Å². The summed E-state index contributed by atoms with van der Waals surface area (Å²) in [5, 5.41) is 72.1. The van der Waals surface area contributed by atoms with Gasteiger partial charge in [0.15, 0.2) is 18.7 Å². The number of rotatable bonds is 43. The molecule has 7 N–H and O–H groups in total. The van der Waals surface area contributed by atoms with Crippen molar-refractivity contribution in [2.45, 2.75) is 268 Å². The zero-order valence-corrected chi connectivity index (χ0v) is 43.7. The van der Waals surface area contributed by atoms with Crippen LogP contribution in [0.1, 0.15) is 200 Å². The summed E-state index contributed by atoms with van der Waals surface area (Å²) in [5.41, 5.74) is 0. The zero-order chi connectivity index (χ0) is 51.7. The molecule has 0 aromatic carbocycles. The molecule has 2 rings (SSSR count). The molecule has 15 heteroatoms. The minimum atomic E-state index is -1.77. The molecule has 0 radical (unpaired) electrons. The topological polar surface area (TPSA) is 231 Å². The lowest BCUT2D eigenvalue weighted by Gasteiger charge is -2.42. The van der Waals surface area contributed by atoms with Gasteiger partial charge in [0.1, 0.15) is 55.4 Å². The number of aliphatic hydroxyl groups excluding tert-OH is 7. The van der Waals surface area contributed by atoms with Crippen LogP contribution >= 0.6 is 0 Å². The molecule has 71 heavy (non-hydrogen) atoms. The smallest absolute Gasteiger partial charge is 0.306 e. The Morgan fingerprint density at radius 2 is 0.887 bits per heavy atom. The van der Waals surface area contributed by atoms with Crippen molar-refractivity contribution in [2.75, 3.05) is 26.4 Å². The average molecular weight is 1010 g/mol. The molecule has 412 valence electrons.